The molecule has 2 amide bonds. The number of carbonyl (C=O) groups excluding carboxylic acids is 2. The molecule has 0 fully saturated rings. The Morgan fingerprint density at radius 1 is 1.12 bits per heavy atom. The first-order valence-electron chi connectivity index (χ1n) is 9.84. The maximum Gasteiger partial charge on any atom is 0.273 e. The van der Waals surface area contributed by atoms with Gasteiger partial charge in [0.05, 0.1) is 6.20 Å². The van der Waals surface area contributed by atoms with Crippen LogP contribution < -0.4 is 15.6 Å². The van der Waals surface area contributed by atoms with Gasteiger partial charge in [-0.1, -0.05) is 17.7 Å². The third-order valence-electron chi connectivity index (χ3n) is 4.83. The maximum atomic E-state index is 12.7. The minimum atomic E-state index is -4.13. The fourth-order valence-corrected chi connectivity index (χ4v) is 5.79. The molecule has 12 heteroatoms. The Balaban J connectivity index is 1.43. The Labute approximate surface area is 203 Å². The van der Waals surface area contributed by atoms with Gasteiger partial charge in [0.25, 0.3) is 27.4 Å². The van der Waals surface area contributed by atoms with Gasteiger partial charge in [-0.2, -0.15) is 0 Å². The van der Waals surface area contributed by atoms with Crippen LogP contribution in [0.15, 0.2) is 76.1 Å². The average Bonchev–Trinajstić information content (AvgIpc) is 3.23. The van der Waals surface area contributed by atoms with Crippen LogP contribution in [0.2, 0.25) is 5.02 Å². The summed E-state index contributed by atoms with van der Waals surface area (Å²) in [4.78, 5) is 40.6. The molecule has 0 bridgehead atoms. The molecule has 174 valence electrons. The van der Waals surface area contributed by atoms with Crippen LogP contribution in [0.5, 0.6) is 0 Å². The standard InChI is InChI=1S/C22H17ClN4O5S2/c1-13(21(29)26-34(31,32)20-10-15-2-5-16(23)11-18(15)33-20)25-22(30)14-3-6-17(7-4-14)27-9-8-24-12-19(27)28/h2-13H,1H3,(H,25,30)(H,26,29). The summed E-state index contributed by atoms with van der Waals surface area (Å²) in [6.45, 7) is 1.37. The molecule has 0 saturated carbocycles. The van der Waals surface area contributed by atoms with Crippen LogP contribution in [0, 0.1) is 0 Å². The Morgan fingerprint density at radius 2 is 1.85 bits per heavy atom. The van der Waals surface area contributed by atoms with E-state index in [-0.39, 0.29) is 15.3 Å². The van der Waals surface area contributed by atoms with Gasteiger partial charge in [0.2, 0.25) is 0 Å². The lowest BCUT2D eigenvalue weighted by Crippen LogP contribution is -2.46. The summed E-state index contributed by atoms with van der Waals surface area (Å²) >= 11 is 6.92. The highest BCUT2D eigenvalue weighted by molar-refractivity contribution is 7.92. The minimum absolute atomic E-state index is 0.0430. The Bertz CT molecular complexity index is 1560. The van der Waals surface area contributed by atoms with Crippen molar-refractivity contribution in [3.63, 3.8) is 0 Å². The van der Waals surface area contributed by atoms with Crippen LogP contribution in [0.25, 0.3) is 15.8 Å². The van der Waals surface area contributed by atoms with Crippen LogP contribution in [0.1, 0.15) is 17.3 Å². The van der Waals surface area contributed by atoms with Crippen LogP contribution in [-0.2, 0) is 14.8 Å². The highest BCUT2D eigenvalue weighted by Crippen LogP contribution is 2.30. The number of benzene rings is 2. The maximum absolute atomic E-state index is 12.7. The Morgan fingerprint density at radius 3 is 2.56 bits per heavy atom. The van der Waals surface area contributed by atoms with E-state index in [9.17, 15) is 22.8 Å². The van der Waals surface area contributed by atoms with Crippen LogP contribution >= 0.6 is 22.9 Å². The molecule has 4 aromatic rings. The molecule has 0 aliphatic rings. The van der Waals surface area contributed by atoms with E-state index in [4.69, 9.17) is 11.6 Å². The van der Waals surface area contributed by atoms with E-state index in [1.165, 1.54) is 48.3 Å². The summed E-state index contributed by atoms with van der Waals surface area (Å²) in [6.07, 6.45) is 4.13. The van der Waals surface area contributed by atoms with Gasteiger partial charge in [-0.25, -0.2) is 13.1 Å². The number of hydrogen-bond acceptors (Lipinski definition) is 7. The van der Waals surface area contributed by atoms with Gasteiger partial charge in [0.1, 0.15) is 10.3 Å². The molecular formula is C22H17ClN4O5S2. The highest BCUT2D eigenvalue weighted by atomic mass is 35.5. The molecule has 2 aromatic carbocycles. The summed E-state index contributed by atoms with van der Waals surface area (Å²) in [5.74, 6) is -1.46. The zero-order valence-corrected chi connectivity index (χ0v) is 19.9. The number of hydrogen-bond donors (Lipinski definition) is 2. The molecule has 0 saturated heterocycles. The Hall–Kier alpha value is -3.54. The molecule has 34 heavy (non-hydrogen) atoms. The van der Waals surface area contributed by atoms with Crippen molar-refractivity contribution in [1.82, 2.24) is 19.6 Å². The van der Waals surface area contributed by atoms with Crippen LogP contribution in [0.3, 0.4) is 0 Å². The first-order chi connectivity index (χ1) is 16.1. The van der Waals surface area contributed by atoms with Gasteiger partial charge in [-0.05, 0) is 54.8 Å². The fourth-order valence-electron chi connectivity index (χ4n) is 3.06. The topological polar surface area (TPSA) is 127 Å². The molecule has 0 aliphatic heterocycles. The molecule has 2 aromatic heterocycles. The van der Waals surface area contributed by atoms with Crippen molar-refractivity contribution in [2.45, 2.75) is 17.2 Å². The smallest absolute Gasteiger partial charge is 0.273 e. The molecule has 4 rings (SSSR count). The lowest BCUT2D eigenvalue weighted by molar-refractivity contribution is -0.120. The predicted molar refractivity (Wildman–Crippen MR) is 129 cm³/mol. The van der Waals surface area contributed by atoms with Gasteiger partial charge < -0.3 is 5.32 Å². The summed E-state index contributed by atoms with van der Waals surface area (Å²) in [6, 6.07) is 11.4. The fraction of sp³-hybridized carbons (Fsp3) is 0.0909. The van der Waals surface area contributed by atoms with Gasteiger partial charge in [0.15, 0.2) is 0 Å². The van der Waals surface area contributed by atoms with E-state index in [1.807, 2.05) is 4.72 Å². The number of amides is 2. The van der Waals surface area contributed by atoms with Crippen LogP contribution in [-0.4, -0.2) is 35.8 Å². The molecule has 1 atom stereocenters. The predicted octanol–water partition coefficient (Wildman–Crippen LogP) is 2.72. The van der Waals surface area contributed by atoms with E-state index in [0.717, 1.165) is 11.3 Å². The SMILES string of the molecule is CC(NC(=O)c1ccc(-n2ccncc2=O)cc1)C(=O)NS(=O)(=O)c1cc2ccc(Cl)cc2s1. The largest absolute Gasteiger partial charge is 0.340 e. The normalized spacial score (nSPS) is 12.3. The molecule has 0 radical (unpaired) electrons. The Kier molecular flexibility index (Phi) is 6.51. The van der Waals surface area contributed by atoms with Crippen molar-refractivity contribution in [3.05, 3.63) is 88.1 Å². The van der Waals surface area contributed by atoms with Gasteiger partial charge in [-0.3, -0.25) is 23.9 Å². The number of carbonyl (C=O) groups is 2. The van der Waals surface area contributed by atoms with E-state index < -0.39 is 27.9 Å². The molecule has 2 heterocycles. The van der Waals surface area contributed by atoms with E-state index in [0.29, 0.717) is 20.8 Å². The van der Waals surface area contributed by atoms with E-state index in [1.54, 1.807) is 30.3 Å². The lowest BCUT2D eigenvalue weighted by Gasteiger charge is -2.14. The van der Waals surface area contributed by atoms with Gasteiger partial charge >= 0.3 is 0 Å². The number of halogens is 1. The van der Waals surface area contributed by atoms with Crippen molar-refractivity contribution in [2.75, 3.05) is 0 Å². The summed E-state index contributed by atoms with van der Waals surface area (Å²) in [5.41, 5.74) is 0.438. The molecular weight excluding hydrogens is 500 g/mol. The summed E-state index contributed by atoms with van der Waals surface area (Å²) < 4.78 is 29.3. The first kappa shape index (κ1) is 23.6. The highest BCUT2D eigenvalue weighted by Gasteiger charge is 2.25. The van der Waals surface area contributed by atoms with Crippen molar-refractivity contribution in [3.8, 4) is 5.69 Å². The van der Waals surface area contributed by atoms with Crippen molar-refractivity contribution in [1.29, 1.82) is 0 Å². The molecule has 9 nitrogen and oxygen atoms in total. The zero-order valence-electron chi connectivity index (χ0n) is 17.6. The second kappa shape index (κ2) is 9.37. The lowest BCUT2D eigenvalue weighted by atomic mass is 10.1. The third-order valence-corrected chi connectivity index (χ3v) is 7.99. The number of aromatic nitrogens is 2. The number of nitrogens with zero attached hydrogens (tertiary/aromatic N) is 2. The van der Waals surface area contributed by atoms with Gasteiger partial charge in [-0.15, -0.1) is 11.3 Å². The summed E-state index contributed by atoms with van der Waals surface area (Å²) in [5, 5.41) is 3.62. The zero-order chi connectivity index (χ0) is 24.5. The first-order valence-corrected chi connectivity index (χ1v) is 12.5. The monoisotopic (exact) mass is 516 g/mol. The van der Waals surface area contributed by atoms with Crippen molar-refractivity contribution in [2.24, 2.45) is 0 Å². The second-order valence-corrected chi connectivity index (χ2v) is 10.7. The number of sulfonamides is 1. The molecule has 2 N–H and O–H groups in total. The minimum Gasteiger partial charge on any atom is -0.340 e. The van der Waals surface area contributed by atoms with Crippen molar-refractivity contribution >= 4 is 54.9 Å². The molecule has 0 aliphatic carbocycles. The van der Waals surface area contributed by atoms with E-state index in [2.05, 4.69) is 10.3 Å². The number of nitrogens with one attached hydrogen (secondary N) is 2. The molecule has 0 spiro atoms. The number of rotatable bonds is 6. The third kappa shape index (κ3) is 5.01. The van der Waals surface area contributed by atoms with E-state index >= 15 is 0 Å². The second-order valence-electron chi connectivity index (χ2n) is 7.24. The van der Waals surface area contributed by atoms with Gasteiger partial charge in [0, 0.05) is 33.4 Å². The number of fused-ring (bicyclic) bond motifs is 1. The number of thiophene rings is 1. The summed E-state index contributed by atoms with van der Waals surface area (Å²) in [7, 11) is -4.13. The van der Waals surface area contributed by atoms with Crippen molar-refractivity contribution < 1.29 is 18.0 Å². The molecule has 1 unspecified atom stereocenters. The average molecular weight is 517 g/mol. The van der Waals surface area contributed by atoms with Crippen LogP contribution in [0.4, 0.5) is 0 Å². The quantitative estimate of drug-likeness (QED) is 0.405.